The van der Waals surface area contributed by atoms with Crippen LogP contribution in [0.3, 0.4) is 0 Å². The predicted molar refractivity (Wildman–Crippen MR) is 83.6 cm³/mol. The summed E-state index contributed by atoms with van der Waals surface area (Å²) in [6.07, 6.45) is 0. The molecule has 0 saturated heterocycles. The molecule has 0 bridgehead atoms. The van der Waals surface area contributed by atoms with Crippen molar-refractivity contribution in [2.45, 2.75) is 5.75 Å². The summed E-state index contributed by atoms with van der Waals surface area (Å²) in [5.41, 5.74) is 6.94. The number of rotatable bonds is 4. The fourth-order valence-corrected chi connectivity index (χ4v) is 3.46. The predicted octanol–water partition coefficient (Wildman–Crippen LogP) is 3.52. The molecule has 2 aromatic rings. The molecule has 2 aromatic carbocycles. The molecule has 0 heterocycles. The second-order valence-corrected chi connectivity index (χ2v) is 6.74. The molecule has 106 valence electrons. The van der Waals surface area contributed by atoms with E-state index in [1.165, 1.54) is 0 Å². The maximum Gasteiger partial charge on any atom is 0.237 e. The van der Waals surface area contributed by atoms with Crippen LogP contribution >= 0.6 is 23.2 Å². The van der Waals surface area contributed by atoms with E-state index >= 15 is 0 Å². The van der Waals surface area contributed by atoms with Crippen LogP contribution in [0.25, 0.3) is 0 Å². The van der Waals surface area contributed by atoms with Gasteiger partial charge < -0.3 is 5.73 Å². The molecule has 0 aliphatic heterocycles. The van der Waals surface area contributed by atoms with Gasteiger partial charge in [-0.15, -0.1) is 0 Å². The Morgan fingerprint density at radius 2 is 1.55 bits per heavy atom. The summed E-state index contributed by atoms with van der Waals surface area (Å²) in [7, 11) is -3.61. The Balaban J connectivity index is 2.21. The molecule has 0 unspecified atom stereocenters. The Morgan fingerprint density at radius 3 is 2.10 bits per heavy atom. The van der Waals surface area contributed by atoms with E-state index in [1.807, 2.05) is 0 Å². The third-order valence-corrected chi connectivity index (χ3v) is 4.42. The second kappa shape index (κ2) is 5.91. The average Bonchev–Trinajstić information content (AvgIpc) is 2.37. The average molecular weight is 331 g/mol. The first-order chi connectivity index (χ1) is 9.37. The molecule has 0 aliphatic rings. The zero-order valence-corrected chi connectivity index (χ0v) is 12.6. The quantitative estimate of drug-likeness (QED) is 0.842. The molecule has 0 aromatic heterocycles. The van der Waals surface area contributed by atoms with Crippen LogP contribution in [0, 0.1) is 0 Å². The summed E-state index contributed by atoms with van der Waals surface area (Å²) in [5, 5.41) is 0.497. The Morgan fingerprint density at radius 1 is 1.00 bits per heavy atom. The van der Waals surface area contributed by atoms with Crippen molar-refractivity contribution in [2.75, 3.05) is 10.5 Å². The fourth-order valence-electron chi connectivity index (χ4n) is 1.62. The van der Waals surface area contributed by atoms with Crippen LogP contribution in [-0.4, -0.2) is 8.42 Å². The molecule has 0 fully saturated rings. The number of sulfonamides is 1. The highest BCUT2D eigenvalue weighted by Crippen LogP contribution is 2.31. The first kappa shape index (κ1) is 15.0. The minimum atomic E-state index is -3.61. The minimum absolute atomic E-state index is 0.186. The van der Waals surface area contributed by atoms with Gasteiger partial charge in [-0.2, -0.15) is 0 Å². The van der Waals surface area contributed by atoms with Gasteiger partial charge in [0.05, 0.1) is 21.5 Å². The largest absolute Gasteiger partial charge is 0.399 e. The summed E-state index contributed by atoms with van der Waals surface area (Å²) in [5.74, 6) is -0.186. The molecule has 0 saturated carbocycles. The normalized spacial score (nSPS) is 11.3. The van der Waals surface area contributed by atoms with Crippen molar-refractivity contribution >= 4 is 44.6 Å². The topological polar surface area (TPSA) is 72.2 Å². The minimum Gasteiger partial charge on any atom is -0.399 e. The summed E-state index contributed by atoms with van der Waals surface area (Å²) < 4.78 is 26.6. The van der Waals surface area contributed by atoms with Crippen LogP contribution in [0.1, 0.15) is 5.56 Å². The molecule has 0 spiro atoms. The lowest BCUT2D eigenvalue weighted by molar-refractivity contribution is 0.600. The van der Waals surface area contributed by atoms with Gasteiger partial charge in [-0.25, -0.2) is 8.42 Å². The van der Waals surface area contributed by atoms with E-state index in [4.69, 9.17) is 28.9 Å². The van der Waals surface area contributed by atoms with Gasteiger partial charge in [0.1, 0.15) is 0 Å². The van der Waals surface area contributed by atoms with E-state index in [-0.39, 0.29) is 21.5 Å². The van der Waals surface area contributed by atoms with Crippen LogP contribution in [0.2, 0.25) is 10.0 Å². The van der Waals surface area contributed by atoms with Crippen molar-refractivity contribution in [3.05, 3.63) is 58.1 Å². The lowest BCUT2D eigenvalue weighted by Crippen LogP contribution is -2.15. The molecule has 0 atom stereocenters. The van der Waals surface area contributed by atoms with Gasteiger partial charge in [0.2, 0.25) is 10.0 Å². The lowest BCUT2D eigenvalue weighted by atomic mass is 10.2. The van der Waals surface area contributed by atoms with Crippen LogP contribution in [0.4, 0.5) is 11.4 Å². The number of nitrogen functional groups attached to an aromatic ring is 1. The zero-order valence-electron chi connectivity index (χ0n) is 10.3. The van der Waals surface area contributed by atoms with Gasteiger partial charge in [0.15, 0.2) is 0 Å². The number of nitrogens with one attached hydrogen (secondary N) is 1. The van der Waals surface area contributed by atoms with Crippen molar-refractivity contribution in [2.24, 2.45) is 0 Å². The molecule has 2 rings (SSSR count). The lowest BCUT2D eigenvalue weighted by Gasteiger charge is -2.11. The number of nitrogens with two attached hydrogens (primary N) is 1. The van der Waals surface area contributed by atoms with Crippen LogP contribution in [-0.2, 0) is 15.8 Å². The Kier molecular flexibility index (Phi) is 4.42. The van der Waals surface area contributed by atoms with E-state index in [0.717, 1.165) is 0 Å². The smallest absolute Gasteiger partial charge is 0.237 e. The van der Waals surface area contributed by atoms with Gasteiger partial charge in [-0.1, -0.05) is 41.4 Å². The van der Waals surface area contributed by atoms with Crippen molar-refractivity contribution in [3.8, 4) is 0 Å². The number of benzene rings is 2. The SMILES string of the molecule is Nc1ccc(CS(=O)(=O)Nc2c(Cl)cccc2Cl)cc1. The van der Waals surface area contributed by atoms with Crippen molar-refractivity contribution in [1.29, 1.82) is 0 Å². The highest BCUT2D eigenvalue weighted by atomic mass is 35.5. The number of hydrogen-bond acceptors (Lipinski definition) is 3. The van der Waals surface area contributed by atoms with Gasteiger partial charge in [-0.05, 0) is 29.8 Å². The number of hydrogen-bond donors (Lipinski definition) is 2. The van der Waals surface area contributed by atoms with Crippen molar-refractivity contribution in [1.82, 2.24) is 0 Å². The standard InChI is InChI=1S/C13H12Cl2N2O2S/c14-11-2-1-3-12(15)13(11)17-20(18,19)8-9-4-6-10(16)7-5-9/h1-7,17H,8,16H2. The van der Waals surface area contributed by atoms with Crippen molar-refractivity contribution < 1.29 is 8.42 Å². The molecule has 3 N–H and O–H groups in total. The zero-order chi connectivity index (χ0) is 14.8. The van der Waals surface area contributed by atoms with Crippen LogP contribution in [0.15, 0.2) is 42.5 Å². The Labute approximate surface area is 127 Å². The molecule has 20 heavy (non-hydrogen) atoms. The summed E-state index contributed by atoms with van der Waals surface area (Å²) in [4.78, 5) is 0. The molecule has 0 aliphatic carbocycles. The molecule has 0 amide bonds. The Hall–Kier alpha value is -1.43. The maximum absolute atomic E-state index is 12.1. The molecule has 4 nitrogen and oxygen atoms in total. The van der Waals surface area contributed by atoms with E-state index in [1.54, 1.807) is 42.5 Å². The van der Waals surface area contributed by atoms with Crippen LogP contribution < -0.4 is 10.5 Å². The number of halogens is 2. The fraction of sp³-hybridized carbons (Fsp3) is 0.0769. The highest BCUT2D eigenvalue weighted by Gasteiger charge is 2.15. The molecule has 0 radical (unpaired) electrons. The van der Waals surface area contributed by atoms with Gasteiger partial charge >= 0.3 is 0 Å². The molecular weight excluding hydrogens is 319 g/mol. The second-order valence-electron chi connectivity index (χ2n) is 4.20. The number of para-hydroxylation sites is 1. The van der Waals surface area contributed by atoms with E-state index in [2.05, 4.69) is 4.72 Å². The first-order valence-electron chi connectivity index (χ1n) is 5.66. The Bertz CT molecular complexity index is 695. The molecule has 7 heteroatoms. The van der Waals surface area contributed by atoms with E-state index in [9.17, 15) is 8.42 Å². The third-order valence-electron chi connectivity index (χ3n) is 2.56. The van der Waals surface area contributed by atoms with Gasteiger partial charge in [-0.3, -0.25) is 4.72 Å². The highest BCUT2D eigenvalue weighted by molar-refractivity contribution is 7.91. The summed E-state index contributed by atoms with van der Waals surface area (Å²) in [6.45, 7) is 0. The van der Waals surface area contributed by atoms with Crippen LogP contribution in [0.5, 0.6) is 0 Å². The summed E-state index contributed by atoms with van der Waals surface area (Å²) >= 11 is 11.9. The monoisotopic (exact) mass is 330 g/mol. The van der Waals surface area contributed by atoms with E-state index < -0.39 is 10.0 Å². The van der Waals surface area contributed by atoms with Crippen molar-refractivity contribution in [3.63, 3.8) is 0 Å². The third kappa shape index (κ3) is 3.79. The van der Waals surface area contributed by atoms with Gasteiger partial charge in [0.25, 0.3) is 0 Å². The first-order valence-corrected chi connectivity index (χ1v) is 8.07. The maximum atomic E-state index is 12.1. The van der Waals surface area contributed by atoms with Gasteiger partial charge in [0, 0.05) is 5.69 Å². The summed E-state index contributed by atoms with van der Waals surface area (Å²) in [6, 6.07) is 11.4. The number of anilines is 2. The van der Waals surface area contributed by atoms with E-state index in [0.29, 0.717) is 11.3 Å². The molecular formula is C13H12Cl2N2O2S.